The van der Waals surface area contributed by atoms with Crippen LogP contribution in [0.5, 0.6) is 0 Å². The molecule has 3 aromatic heterocycles. The van der Waals surface area contributed by atoms with Crippen LogP contribution < -0.4 is 0 Å². The average Bonchev–Trinajstić information content (AvgIpc) is 3.73. The molecule has 0 bridgehead atoms. The smallest absolute Gasteiger partial charge is 0.164 e. The molecule has 0 saturated carbocycles. The Bertz CT molecular complexity index is 2800. The molecule has 234 valence electrons. The van der Waals surface area contributed by atoms with Crippen LogP contribution >= 0.6 is 11.3 Å². The summed E-state index contributed by atoms with van der Waals surface area (Å²) in [5.74, 6) is 1.94. The minimum Gasteiger partial charge on any atom is -0.309 e. The van der Waals surface area contributed by atoms with Crippen LogP contribution in [-0.4, -0.2) is 19.5 Å². The van der Waals surface area contributed by atoms with Crippen molar-refractivity contribution in [2.45, 2.75) is 0 Å². The molecule has 4 nitrogen and oxygen atoms in total. The number of fused-ring (bicyclic) bond motifs is 6. The van der Waals surface area contributed by atoms with Crippen LogP contribution in [0, 0.1) is 0 Å². The van der Waals surface area contributed by atoms with Gasteiger partial charge in [0.05, 0.1) is 11.0 Å². The molecule has 0 unspecified atom stereocenters. The number of hydrogen-bond donors (Lipinski definition) is 0. The predicted molar refractivity (Wildman–Crippen MR) is 209 cm³/mol. The van der Waals surface area contributed by atoms with E-state index in [2.05, 4.69) is 114 Å². The van der Waals surface area contributed by atoms with Gasteiger partial charge in [-0.25, -0.2) is 15.0 Å². The molecule has 50 heavy (non-hydrogen) atoms. The first-order chi connectivity index (χ1) is 24.8. The van der Waals surface area contributed by atoms with Gasteiger partial charge in [-0.2, -0.15) is 0 Å². The number of hydrogen-bond acceptors (Lipinski definition) is 4. The van der Waals surface area contributed by atoms with Crippen molar-refractivity contribution in [1.29, 1.82) is 0 Å². The van der Waals surface area contributed by atoms with Crippen molar-refractivity contribution >= 4 is 53.3 Å². The Labute approximate surface area is 292 Å². The molecule has 0 aliphatic heterocycles. The third-order valence-electron chi connectivity index (χ3n) is 9.45. The van der Waals surface area contributed by atoms with E-state index in [0.717, 1.165) is 33.4 Å². The molecule has 10 aromatic rings. The quantitative estimate of drug-likeness (QED) is 0.185. The van der Waals surface area contributed by atoms with Gasteiger partial charge in [0.2, 0.25) is 0 Å². The van der Waals surface area contributed by atoms with Gasteiger partial charge in [0.25, 0.3) is 0 Å². The van der Waals surface area contributed by atoms with Crippen LogP contribution in [0.15, 0.2) is 170 Å². The Hall–Kier alpha value is -6.43. The normalized spacial score (nSPS) is 11.6. The first kappa shape index (κ1) is 28.6. The summed E-state index contributed by atoms with van der Waals surface area (Å²) < 4.78 is 5.00. The first-order valence-corrected chi connectivity index (χ1v) is 17.5. The molecule has 0 saturated heterocycles. The van der Waals surface area contributed by atoms with Crippen molar-refractivity contribution in [3.05, 3.63) is 170 Å². The highest BCUT2D eigenvalue weighted by Crippen LogP contribution is 2.39. The Morgan fingerprint density at radius 2 is 0.820 bits per heavy atom. The van der Waals surface area contributed by atoms with E-state index < -0.39 is 0 Å². The van der Waals surface area contributed by atoms with Crippen LogP contribution in [0.25, 0.3) is 93.0 Å². The Balaban J connectivity index is 1.18. The molecular weight excluding hydrogens is 629 g/mol. The summed E-state index contributed by atoms with van der Waals surface area (Å²) in [4.78, 5) is 15.0. The molecule has 0 atom stereocenters. The highest BCUT2D eigenvalue weighted by molar-refractivity contribution is 7.25. The zero-order valence-electron chi connectivity index (χ0n) is 26.9. The number of benzene rings is 7. The Kier molecular flexibility index (Phi) is 6.64. The van der Waals surface area contributed by atoms with E-state index in [9.17, 15) is 0 Å². The second-order valence-electron chi connectivity index (χ2n) is 12.5. The van der Waals surface area contributed by atoms with Crippen LogP contribution in [0.3, 0.4) is 0 Å². The Morgan fingerprint density at radius 3 is 1.48 bits per heavy atom. The zero-order valence-corrected chi connectivity index (χ0v) is 27.7. The van der Waals surface area contributed by atoms with Gasteiger partial charge in [-0.3, -0.25) is 0 Å². The first-order valence-electron chi connectivity index (χ1n) is 16.7. The molecule has 3 heterocycles. The van der Waals surface area contributed by atoms with Gasteiger partial charge >= 0.3 is 0 Å². The molecule has 0 fully saturated rings. The van der Waals surface area contributed by atoms with Crippen LogP contribution in [-0.2, 0) is 0 Å². The highest BCUT2D eigenvalue weighted by Gasteiger charge is 2.18. The molecule has 0 radical (unpaired) electrons. The minimum atomic E-state index is 0.640. The SMILES string of the molecule is c1ccc(-c2nc(-c3ccccc3)nc(-c3ccc4c5ccc(-c6ccc7sc8ccccc8c7c6)cc5n(-c5ccccc5)c4c3)n2)cc1. The van der Waals surface area contributed by atoms with Gasteiger partial charge in [0.15, 0.2) is 17.5 Å². The molecule has 0 N–H and O–H groups in total. The number of thiophene rings is 1. The van der Waals surface area contributed by atoms with E-state index in [1.807, 2.05) is 72.0 Å². The average molecular weight is 657 g/mol. The van der Waals surface area contributed by atoms with Crippen molar-refractivity contribution in [3.8, 4) is 51.0 Å². The molecule has 7 aromatic carbocycles. The summed E-state index contributed by atoms with van der Waals surface area (Å²) in [6, 6.07) is 59.8. The summed E-state index contributed by atoms with van der Waals surface area (Å²) in [6.07, 6.45) is 0. The standard InChI is InChI=1S/C45H28N4S/c1-4-12-29(13-5-1)43-46-44(30-14-6-2-7-15-30)48-45(47-43)33-21-24-36-35-23-20-32(27-39(35)49(40(36)28-33)34-16-8-3-9-17-34)31-22-25-42-38(26-31)37-18-10-11-19-41(37)50-42/h1-28H. The van der Waals surface area contributed by atoms with Gasteiger partial charge in [0, 0.05) is 53.3 Å². The maximum atomic E-state index is 5.03. The molecule has 0 amide bonds. The maximum Gasteiger partial charge on any atom is 0.164 e. The van der Waals surface area contributed by atoms with E-state index >= 15 is 0 Å². The van der Waals surface area contributed by atoms with Crippen molar-refractivity contribution in [2.24, 2.45) is 0 Å². The lowest BCUT2D eigenvalue weighted by Crippen LogP contribution is -2.00. The molecule has 10 rings (SSSR count). The molecule has 5 heteroatoms. The predicted octanol–water partition coefficient (Wildman–Crippen LogP) is 12.0. The zero-order chi connectivity index (χ0) is 33.0. The van der Waals surface area contributed by atoms with E-state index in [-0.39, 0.29) is 0 Å². The monoisotopic (exact) mass is 656 g/mol. The van der Waals surface area contributed by atoms with Crippen LogP contribution in [0.1, 0.15) is 0 Å². The van der Waals surface area contributed by atoms with Gasteiger partial charge in [-0.1, -0.05) is 127 Å². The Morgan fingerprint density at radius 1 is 0.340 bits per heavy atom. The van der Waals surface area contributed by atoms with Crippen molar-refractivity contribution < 1.29 is 0 Å². The van der Waals surface area contributed by atoms with Gasteiger partial charge < -0.3 is 4.57 Å². The summed E-state index contributed by atoms with van der Waals surface area (Å²) in [5.41, 5.74) is 8.59. The van der Waals surface area contributed by atoms with Gasteiger partial charge in [0.1, 0.15) is 0 Å². The third-order valence-corrected chi connectivity index (χ3v) is 10.6. The number of nitrogens with zero attached hydrogens (tertiary/aromatic N) is 4. The second-order valence-corrected chi connectivity index (χ2v) is 13.6. The van der Waals surface area contributed by atoms with Crippen molar-refractivity contribution in [3.63, 3.8) is 0 Å². The number of aromatic nitrogens is 4. The van der Waals surface area contributed by atoms with Gasteiger partial charge in [-0.05, 0) is 53.6 Å². The third kappa shape index (κ3) is 4.79. The topological polar surface area (TPSA) is 43.6 Å². The van der Waals surface area contributed by atoms with Crippen molar-refractivity contribution in [2.75, 3.05) is 0 Å². The summed E-state index contributed by atoms with van der Waals surface area (Å²) >= 11 is 1.85. The molecule has 0 spiro atoms. The molecular formula is C45H28N4S. The fourth-order valence-corrected chi connectivity index (χ4v) is 8.12. The lowest BCUT2D eigenvalue weighted by atomic mass is 10.0. The van der Waals surface area contributed by atoms with E-state index in [4.69, 9.17) is 15.0 Å². The molecule has 0 aliphatic carbocycles. The highest BCUT2D eigenvalue weighted by atomic mass is 32.1. The van der Waals surface area contributed by atoms with E-state index in [1.54, 1.807) is 0 Å². The van der Waals surface area contributed by atoms with Gasteiger partial charge in [-0.15, -0.1) is 11.3 Å². The fourth-order valence-electron chi connectivity index (χ4n) is 7.04. The fraction of sp³-hybridized carbons (Fsp3) is 0. The van der Waals surface area contributed by atoms with E-state index in [1.165, 1.54) is 42.1 Å². The number of rotatable bonds is 5. The van der Waals surface area contributed by atoms with E-state index in [0.29, 0.717) is 17.5 Å². The number of para-hydroxylation sites is 1. The molecule has 0 aliphatic rings. The summed E-state index contributed by atoms with van der Waals surface area (Å²) in [7, 11) is 0. The van der Waals surface area contributed by atoms with Crippen molar-refractivity contribution in [1.82, 2.24) is 19.5 Å². The minimum absolute atomic E-state index is 0.640. The largest absolute Gasteiger partial charge is 0.309 e. The second kappa shape index (κ2) is 11.6. The lowest BCUT2D eigenvalue weighted by Gasteiger charge is -2.11. The summed E-state index contributed by atoms with van der Waals surface area (Å²) in [6.45, 7) is 0. The van der Waals surface area contributed by atoms with Crippen LogP contribution in [0.4, 0.5) is 0 Å². The van der Waals surface area contributed by atoms with Crippen LogP contribution in [0.2, 0.25) is 0 Å². The lowest BCUT2D eigenvalue weighted by molar-refractivity contribution is 1.07. The maximum absolute atomic E-state index is 5.03. The summed E-state index contributed by atoms with van der Waals surface area (Å²) in [5, 5.41) is 5.00.